The fourth-order valence-electron chi connectivity index (χ4n) is 3.03. The van der Waals surface area contributed by atoms with E-state index < -0.39 is 0 Å². The summed E-state index contributed by atoms with van der Waals surface area (Å²) in [4.78, 5) is 14.6. The highest BCUT2D eigenvalue weighted by Gasteiger charge is 2.15. The fraction of sp³-hybridized carbons (Fsp3) is 0.318. The Hall–Kier alpha value is -2.95. The maximum absolute atomic E-state index is 12.7. The van der Waals surface area contributed by atoms with E-state index in [1.54, 1.807) is 0 Å². The number of hydrogen-bond donors (Lipinski definition) is 0. The third kappa shape index (κ3) is 4.42. The summed E-state index contributed by atoms with van der Waals surface area (Å²) in [5.74, 6) is 1.01. The summed E-state index contributed by atoms with van der Waals surface area (Å²) in [6.07, 6.45) is 1.90. The van der Waals surface area contributed by atoms with Crippen molar-refractivity contribution in [2.75, 3.05) is 13.1 Å². The van der Waals surface area contributed by atoms with Gasteiger partial charge in [-0.15, -0.1) is 10.2 Å². The van der Waals surface area contributed by atoms with Crippen molar-refractivity contribution in [3.05, 3.63) is 59.7 Å². The van der Waals surface area contributed by atoms with Crippen LogP contribution in [-0.4, -0.2) is 34.1 Å². The molecule has 0 atom stereocenters. The van der Waals surface area contributed by atoms with Crippen LogP contribution in [-0.2, 0) is 0 Å². The lowest BCUT2D eigenvalue weighted by molar-refractivity contribution is 0.0755. The van der Waals surface area contributed by atoms with E-state index in [1.165, 1.54) is 0 Å². The molecule has 0 spiro atoms. The lowest BCUT2D eigenvalue weighted by atomic mass is 10.1. The van der Waals surface area contributed by atoms with Gasteiger partial charge in [-0.25, -0.2) is 0 Å². The third-order valence-corrected chi connectivity index (χ3v) is 4.34. The average Bonchev–Trinajstić information content (AvgIpc) is 3.18. The lowest BCUT2D eigenvalue weighted by Gasteiger charge is -2.21. The molecule has 0 fully saturated rings. The van der Waals surface area contributed by atoms with Crippen molar-refractivity contribution in [1.29, 1.82) is 0 Å². The summed E-state index contributed by atoms with van der Waals surface area (Å²) in [6.45, 7) is 7.74. The number of benzene rings is 2. The van der Waals surface area contributed by atoms with E-state index in [0.717, 1.165) is 42.6 Å². The SMILES string of the molecule is CCCN(CCC)C(=O)c1ccc(-c2nnc(-c3cccc(C)c3)o2)cc1. The topological polar surface area (TPSA) is 59.2 Å². The minimum absolute atomic E-state index is 0.0660. The van der Waals surface area contributed by atoms with Gasteiger partial charge >= 0.3 is 0 Å². The zero-order valence-electron chi connectivity index (χ0n) is 16.1. The van der Waals surface area contributed by atoms with E-state index in [4.69, 9.17) is 4.42 Å². The molecular weight excluding hydrogens is 338 g/mol. The molecule has 27 heavy (non-hydrogen) atoms. The van der Waals surface area contributed by atoms with Crippen molar-refractivity contribution in [3.8, 4) is 22.9 Å². The molecule has 0 aliphatic heterocycles. The normalized spacial score (nSPS) is 10.8. The molecule has 0 saturated carbocycles. The van der Waals surface area contributed by atoms with Gasteiger partial charge in [-0.1, -0.05) is 31.5 Å². The standard InChI is InChI=1S/C22H25N3O2/c1-4-13-25(14-5-2)22(26)18-11-9-17(10-12-18)20-23-24-21(27-20)19-8-6-7-16(3)15-19/h6-12,15H,4-5,13-14H2,1-3H3. The highest BCUT2D eigenvalue weighted by molar-refractivity contribution is 5.94. The number of nitrogens with zero attached hydrogens (tertiary/aromatic N) is 3. The summed E-state index contributed by atoms with van der Waals surface area (Å²) >= 11 is 0. The van der Waals surface area contributed by atoms with E-state index in [0.29, 0.717) is 17.3 Å². The highest BCUT2D eigenvalue weighted by atomic mass is 16.4. The summed E-state index contributed by atoms with van der Waals surface area (Å²) in [5.41, 5.74) is 3.52. The molecule has 0 N–H and O–H groups in total. The van der Waals surface area contributed by atoms with Crippen LogP contribution < -0.4 is 0 Å². The van der Waals surface area contributed by atoms with Crippen LogP contribution in [0.3, 0.4) is 0 Å². The molecule has 2 aromatic carbocycles. The molecule has 3 aromatic rings. The van der Waals surface area contributed by atoms with Crippen LogP contribution >= 0.6 is 0 Å². The maximum Gasteiger partial charge on any atom is 0.253 e. The first-order valence-corrected chi connectivity index (χ1v) is 9.42. The van der Waals surface area contributed by atoms with Crippen LogP contribution in [0.25, 0.3) is 22.9 Å². The van der Waals surface area contributed by atoms with Gasteiger partial charge in [-0.05, 0) is 56.2 Å². The first kappa shape index (κ1) is 18.8. The molecule has 1 heterocycles. The van der Waals surface area contributed by atoms with Gasteiger partial charge in [-0.3, -0.25) is 4.79 Å². The predicted molar refractivity (Wildman–Crippen MR) is 106 cm³/mol. The van der Waals surface area contributed by atoms with Crippen LogP contribution in [0.15, 0.2) is 52.9 Å². The minimum atomic E-state index is 0.0660. The molecule has 1 amide bonds. The van der Waals surface area contributed by atoms with Gasteiger partial charge in [0.05, 0.1) is 0 Å². The van der Waals surface area contributed by atoms with Gasteiger partial charge in [0, 0.05) is 29.8 Å². The number of hydrogen-bond acceptors (Lipinski definition) is 4. The van der Waals surface area contributed by atoms with E-state index in [9.17, 15) is 4.79 Å². The third-order valence-electron chi connectivity index (χ3n) is 4.34. The van der Waals surface area contributed by atoms with Crippen LogP contribution in [0.5, 0.6) is 0 Å². The molecule has 0 radical (unpaired) electrons. The second-order valence-corrected chi connectivity index (χ2v) is 6.65. The molecule has 0 saturated heterocycles. The summed E-state index contributed by atoms with van der Waals surface area (Å²) in [5, 5.41) is 8.30. The number of aromatic nitrogens is 2. The van der Waals surface area contributed by atoms with Crippen molar-refractivity contribution in [3.63, 3.8) is 0 Å². The molecular formula is C22H25N3O2. The Kier molecular flexibility index (Phi) is 6.01. The van der Waals surface area contributed by atoms with E-state index >= 15 is 0 Å². The Balaban J connectivity index is 1.78. The maximum atomic E-state index is 12.7. The van der Waals surface area contributed by atoms with Gasteiger partial charge < -0.3 is 9.32 Å². The van der Waals surface area contributed by atoms with Gasteiger partial charge in [0.2, 0.25) is 11.8 Å². The van der Waals surface area contributed by atoms with Crippen molar-refractivity contribution < 1.29 is 9.21 Å². The van der Waals surface area contributed by atoms with Crippen LogP contribution in [0.1, 0.15) is 42.6 Å². The molecule has 0 aliphatic carbocycles. The smallest absolute Gasteiger partial charge is 0.253 e. The lowest BCUT2D eigenvalue weighted by Crippen LogP contribution is -2.32. The van der Waals surface area contributed by atoms with Crippen molar-refractivity contribution in [2.45, 2.75) is 33.6 Å². The quantitative estimate of drug-likeness (QED) is 0.594. The predicted octanol–water partition coefficient (Wildman–Crippen LogP) is 4.97. The summed E-state index contributed by atoms with van der Waals surface area (Å²) < 4.78 is 5.82. The molecule has 3 rings (SSSR count). The fourth-order valence-corrected chi connectivity index (χ4v) is 3.03. The van der Waals surface area contributed by atoms with Gasteiger partial charge in [0.1, 0.15) is 0 Å². The van der Waals surface area contributed by atoms with Crippen LogP contribution in [0.4, 0.5) is 0 Å². The van der Waals surface area contributed by atoms with Crippen molar-refractivity contribution >= 4 is 5.91 Å². The number of carbonyl (C=O) groups is 1. The Morgan fingerprint density at radius 2 is 1.56 bits per heavy atom. The second-order valence-electron chi connectivity index (χ2n) is 6.65. The van der Waals surface area contributed by atoms with E-state index in [1.807, 2.05) is 60.4 Å². The molecule has 5 heteroatoms. The van der Waals surface area contributed by atoms with Crippen LogP contribution in [0, 0.1) is 6.92 Å². The molecule has 1 aromatic heterocycles. The number of carbonyl (C=O) groups excluding carboxylic acids is 1. The molecule has 0 unspecified atom stereocenters. The highest BCUT2D eigenvalue weighted by Crippen LogP contribution is 2.25. The Labute approximate surface area is 160 Å². The first-order valence-electron chi connectivity index (χ1n) is 9.42. The zero-order chi connectivity index (χ0) is 19.2. The molecule has 5 nitrogen and oxygen atoms in total. The zero-order valence-corrected chi connectivity index (χ0v) is 16.1. The van der Waals surface area contributed by atoms with Crippen LogP contribution in [0.2, 0.25) is 0 Å². The van der Waals surface area contributed by atoms with E-state index in [2.05, 4.69) is 24.0 Å². The second kappa shape index (κ2) is 8.62. The molecule has 0 aliphatic rings. The number of rotatable bonds is 7. The van der Waals surface area contributed by atoms with Gasteiger partial charge in [0.15, 0.2) is 0 Å². The molecule has 140 valence electrons. The summed E-state index contributed by atoms with van der Waals surface area (Å²) in [7, 11) is 0. The largest absolute Gasteiger partial charge is 0.416 e. The average molecular weight is 363 g/mol. The van der Waals surface area contributed by atoms with Gasteiger partial charge in [0.25, 0.3) is 5.91 Å². The van der Waals surface area contributed by atoms with Crippen molar-refractivity contribution in [1.82, 2.24) is 15.1 Å². The van der Waals surface area contributed by atoms with Crippen molar-refractivity contribution in [2.24, 2.45) is 0 Å². The Bertz CT molecular complexity index is 894. The number of aryl methyl sites for hydroxylation is 1. The van der Waals surface area contributed by atoms with E-state index in [-0.39, 0.29) is 5.91 Å². The Morgan fingerprint density at radius 3 is 2.15 bits per heavy atom. The monoisotopic (exact) mass is 363 g/mol. The van der Waals surface area contributed by atoms with Gasteiger partial charge in [-0.2, -0.15) is 0 Å². The molecule has 0 bridgehead atoms. The summed E-state index contributed by atoms with van der Waals surface area (Å²) in [6, 6.07) is 15.3. The first-order chi connectivity index (χ1) is 13.1. The number of amides is 1. The minimum Gasteiger partial charge on any atom is -0.416 e. The Morgan fingerprint density at radius 1 is 0.926 bits per heavy atom.